The maximum absolute atomic E-state index is 14.0. The van der Waals surface area contributed by atoms with Crippen LogP contribution < -0.4 is 4.74 Å². The van der Waals surface area contributed by atoms with Crippen LogP contribution in [0.5, 0.6) is 5.75 Å². The molecule has 1 unspecified atom stereocenters. The minimum absolute atomic E-state index is 0.0252. The number of ether oxygens (including phenoxy) is 2. The predicted octanol–water partition coefficient (Wildman–Crippen LogP) is 3.85. The van der Waals surface area contributed by atoms with Crippen LogP contribution in [-0.2, 0) is 9.53 Å². The highest BCUT2D eigenvalue weighted by molar-refractivity contribution is 5.95. The molecule has 2 saturated heterocycles. The van der Waals surface area contributed by atoms with Crippen molar-refractivity contribution in [1.29, 1.82) is 0 Å². The molecule has 0 spiro atoms. The summed E-state index contributed by atoms with van der Waals surface area (Å²) in [4.78, 5) is 28.7. The molecule has 4 rings (SSSR count). The largest absolute Gasteiger partial charge is 0.573 e. The number of halogens is 4. The third kappa shape index (κ3) is 5.44. The Bertz CT molecular complexity index is 1010. The minimum Gasteiger partial charge on any atom is -0.403 e. The molecule has 2 aromatic rings. The van der Waals surface area contributed by atoms with Crippen molar-refractivity contribution in [2.75, 3.05) is 32.8 Å². The third-order valence-corrected chi connectivity index (χ3v) is 5.71. The Morgan fingerprint density at radius 2 is 1.58 bits per heavy atom. The lowest BCUT2D eigenvalue weighted by atomic mass is 10.0. The summed E-state index contributed by atoms with van der Waals surface area (Å²) in [5.74, 6) is -2.26. The van der Waals surface area contributed by atoms with Gasteiger partial charge in [0.05, 0.1) is 0 Å². The highest BCUT2D eigenvalue weighted by atomic mass is 19.4. The fraction of sp³-hybridized carbons (Fsp3) is 0.391. The first-order valence-corrected chi connectivity index (χ1v) is 10.6. The standard InChI is InChI=1S/C23H22F4N2O4/c24-18-14-17(7-8-19(18)33-23(25,26)27)15-3-5-16(6-4-15)21(30)28-9-11-29(12-10-28)22(31)20-2-1-13-32-20/h3-8,14,20H,1-2,9-13H2. The molecule has 10 heteroatoms. The molecule has 2 fully saturated rings. The highest BCUT2D eigenvalue weighted by Crippen LogP contribution is 2.30. The lowest BCUT2D eigenvalue weighted by Crippen LogP contribution is -2.52. The summed E-state index contributed by atoms with van der Waals surface area (Å²) < 4.78 is 60.0. The first kappa shape index (κ1) is 23.0. The Balaban J connectivity index is 1.37. The van der Waals surface area contributed by atoms with Gasteiger partial charge in [-0.1, -0.05) is 18.2 Å². The zero-order valence-corrected chi connectivity index (χ0v) is 17.6. The predicted molar refractivity (Wildman–Crippen MR) is 110 cm³/mol. The summed E-state index contributed by atoms with van der Waals surface area (Å²) in [5.41, 5.74) is 1.31. The molecule has 2 aliphatic heterocycles. The van der Waals surface area contributed by atoms with Crippen LogP contribution in [0.3, 0.4) is 0 Å². The van der Waals surface area contributed by atoms with Gasteiger partial charge in [0.25, 0.3) is 11.8 Å². The second kappa shape index (κ2) is 9.38. The number of piperazine rings is 1. The van der Waals surface area contributed by atoms with Crippen molar-refractivity contribution >= 4 is 11.8 Å². The summed E-state index contributed by atoms with van der Waals surface area (Å²) in [6.07, 6.45) is -3.75. The van der Waals surface area contributed by atoms with Gasteiger partial charge < -0.3 is 19.3 Å². The first-order valence-electron chi connectivity index (χ1n) is 10.6. The Kier molecular flexibility index (Phi) is 6.55. The number of hydrogen-bond donors (Lipinski definition) is 0. The molecule has 0 aliphatic carbocycles. The van der Waals surface area contributed by atoms with Crippen molar-refractivity contribution in [1.82, 2.24) is 9.80 Å². The van der Waals surface area contributed by atoms with Crippen LogP contribution >= 0.6 is 0 Å². The summed E-state index contributed by atoms with van der Waals surface area (Å²) in [6.45, 7) is 2.29. The van der Waals surface area contributed by atoms with Gasteiger partial charge in [0.1, 0.15) is 6.10 Å². The molecule has 1 atom stereocenters. The van der Waals surface area contributed by atoms with E-state index in [1.165, 1.54) is 6.07 Å². The summed E-state index contributed by atoms with van der Waals surface area (Å²) in [6, 6.07) is 9.54. The molecule has 33 heavy (non-hydrogen) atoms. The van der Waals surface area contributed by atoms with Gasteiger partial charge in [-0.2, -0.15) is 0 Å². The van der Waals surface area contributed by atoms with Crippen LogP contribution in [0.1, 0.15) is 23.2 Å². The van der Waals surface area contributed by atoms with Crippen LogP contribution in [0.4, 0.5) is 17.6 Å². The first-order chi connectivity index (χ1) is 15.7. The highest BCUT2D eigenvalue weighted by Gasteiger charge is 2.33. The maximum Gasteiger partial charge on any atom is 0.573 e. The van der Waals surface area contributed by atoms with Crippen molar-refractivity contribution in [2.24, 2.45) is 0 Å². The van der Waals surface area contributed by atoms with Crippen molar-refractivity contribution in [3.05, 3.63) is 53.8 Å². The summed E-state index contributed by atoms with van der Waals surface area (Å²) >= 11 is 0. The van der Waals surface area contributed by atoms with Gasteiger partial charge in [0.15, 0.2) is 11.6 Å². The zero-order valence-electron chi connectivity index (χ0n) is 17.6. The second-order valence-electron chi connectivity index (χ2n) is 7.89. The molecule has 0 aromatic heterocycles. The maximum atomic E-state index is 14.0. The molecule has 2 aromatic carbocycles. The Morgan fingerprint density at radius 3 is 2.15 bits per heavy atom. The minimum atomic E-state index is -4.98. The number of rotatable bonds is 4. The molecular weight excluding hydrogens is 444 g/mol. The number of alkyl halides is 3. The van der Waals surface area contributed by atoms with Gasteiger partial charge in [0.2, 0.25) is 0 Å². The molecule has 176 valence electrons. The molecule has 0 radical (unpaired) electrons. The lowest BCUT2D eigenvalue weighted by molar-refractivity contribution is -0.275. The van der Waals surface area contributed by atoms with Gasteiger partial charge in [-0.15, -0.1) is 13.2 Å². The molecule has 6 nitrogen and oxygen atoms in total. The van der Waals surface area contributed by atoms with E-state index in [0.29, 0.717) is 49.5 Å². The van der Waals surface area contributed by atoms with Gasteiger partial charge >= 0.3 is 6.36 Å². The Labute approximate surface area is 187 Å². The van der Waals surface area contributed by atoms with Gasteiger partial charge in [0, 0.05) is 38.3 Å². The van der Waals surface area contributed by atoms with E-state index in [4.69, 9.17) is 4.74 Å². The normalized spacial score (nSPS) is 19.0. The molecule has 0 saturated carbocycles. The molecule has 2 heterocycles. The van der Waals surface area contributed by atoms with Crippen molar-refractivity contribution in [3.63, 3.8) is 0 Å². The Hall–Kier alpha value is -3.14. The van der Waals surface area contributed by atoms with Crippen LogP contribution in [-0.4, -0.2) is 66.9 Å². The van der Waals surface area contributed by atoms with Crippen LogP contribution in [0.25, 0.3) is 11.1 Å². The smallest absolute Gasteiger partial charge is 0.403 e. The van der Waals surface area contributed by atoms with E-state index in [9.17, 15) is 27.2 Å². The summed E-state index contributed by atoms with van der Waals surface area (Å²) in [7, 11) is 0. The molecular formula is C23H22F4N2O4. The monoisotopic (exact) mass is 466 g/mol. The van der Waals surface area contributed by atoms with E-state index < -0.39 is 17.9 Å². The SMILES string of the molecule is O=C(c1ccc(-c2ccc(OC(F)(F)F)c(F)c2)cc1)N1CCN(C(=O)C2CCCO2)CC1. The molecule has 2 amide bonds. The van der Waals surface area contributed by atoms with Crippen LogP contribution in [0.15, 0.2) is 42.5 Å². The van der Waals surface area contributed by atoms with Gasteiger partial charge in [-0.25, -0.2) is 4.39 Å². The van der Waals surface area contributed by atoms with E-state index in [1.807, 2.05) is 0 Å². The van der Waals surface area contributed by atoms with Gasteiger partial charge in [-0.3, -0.25) is 9.59 Å². The van der Waals surface area contributed by atoms with E-state index in [0.717, 1.165) is 25.0 Å². The zero-order chi connectivity index (χ0) is 23.6. The number of nitrogens with zero attached hydrogens (tertiary/aromatic N) is 2. The number of hydrogen-bond acceptors (Lipinski definition) is 4. The van der Waals surface area contributed by atoms with E-state index in [1.54, 1.807) is 34.1 Å². The topological polar surface area (TPSA) is 59.1 Å². The van der Waals surface area contributed by atoms with Crippen molar-refractivity contribution in [2.45, 2.75) is 25.3 Å². The average Bonchev–Trinajstić information content (AvgIpc) is 3.34. The second-order valence-corrected chi connectivity index (χ2v) is 7.89. The van der Waals surface area contributed by atoms with Crippen molar-refractivity contribution < 1.29 is 36.6 Å². The molecule has 0 bridgehead atoms. The van der Waals surface area contributed by atoms with Crippen molar-refractivity contribution in [3.8, 4) is 16.9 Å². The number of amides is 2. The van der Waals surface area contributed by atoms with Crippen LogP contribution in [0.2, 0.25) is 0 Å². The molecule has 0 N–H and O–H groups in total. The lowest BCUT2D eigenvalue weighted by Gasteiger charge is -2.35. The van der Waals surface area contributed by atoms with E-state index >= 15 is 0 Å². The number of carbonyl (C=O) groups is 2. The van der Waals surface area contributed by atoms with E-state index in [-0.39, 0.29) is 17.9 Å². The quantitative estimate of drug-likeness (QED) is 0.643. The fourth-order valence-corrected chi connectivity index (χ4v) is 3.98. The molecule has 2 aliphatic rings. The summed E-state index contributed by atoms with van der Waals surface area (Å²) in [5, 5.41) is 0. The fourth-order valence-electron chi connectivity index (χ4n) is 3.98. The number of benzene rings is 2. The van der Waals surface area contributed by atoms with Crippen LogP contribution in [0, 0.1) is 5.82 Å². The number of carbonyl (C=O) groups excluding carboxylic acids is 2. The average molecular weight is 466 g/mol. The third-order valence-electron chi connectivity index (χ3n) is 5.71. The van der Waals surface area contributed by atoms with E-state index in [2.05, 4.69) is 4.74 Å². The Morgan fingerprint density at radius 1 is 0.939 bits per heavy atom. The van der Waals surface area contributed by atoms with Gasteiger partial charge in [-0.05, 0) is 48.2 Å².